The number of hydrogen-bond donors (Lipinski definition) is 2. The molecule has 0 atom stereocenters. The molecule has 6 nitrogen and oxygen atoms in total. The third-order valence-electron chi connectivity index (χ3n) is 5.00. The Labute approximate surface area is 184 Å². The van der Waals surface area contributed by atoms with Crippen molar-refractivity contribution in [1.29, 1.82) is 0 Å². The molecule has 0 spiro atoms. The van der Waals surface area contributed by atoms with Gasteiger partial charge in [0.25, 0.3) is 5.91 Å². The van der Waals surface area contributed by atoms with Gasteiger partial charge < -0.3 is 19.9 Å². The van der Waals surface area contributed by atoms with Crippen LogP contribution in [0.4, 0.5) is 11.4 Å². The van der Waals surface area contributed by atoms with Crippen LogP contribution in [0.25, 0.3) is 0 Å². The summed E-state index contributed by atoms with van der Waals surface area (Å²) in [4.78, 5) is 17.3. The molecule has 0 saturated carbocycles. The van der Waals surface area contributed by atoms with Gasteiger partial charge in [0.05, 0.1) is 6.10 Å². The van der Waals surface area contributed by atoms with E-state index in [9.17, 15) is 4.79 Å². The molecular weight excluding hydrogens is 396 g/mol. The number of hydrogen-bond acceptors (Lipinski definition) is 5. The number of anilines is 2. The van der Waals surface area contributed by atoms with Gasteiger partial charge in [0.1, 0.15) is 5.75 Å². The van der Waals surface area contributed by atoms with Crippen LogP contribution in [0.1, 0.15) is 31.1 Å². The smallest absolute Gasteiger partial charge is 0.257 e. The van der Waals surface area contributed by atoms with Crippen LogP contribution in [0.3, 0.4) is 0 Å². The summed E-state index contributed by atoms with van der Waals surface area (Å²) in [6.07, 6.45) is 0.0459. The fourth-order valence-corrected chi connectivity index (χ4v) is 3.61. The first-order valence-corrected chi connectivity index (χ1v) is 10.8. The molecule has 3 rings (SSSR count). The fourth-order valence-electron chi connectivity index (χ4n) is 3.40. The molecule has 1 aliphatic heterocycles. The summed E-state index contributed by atoms with van der Waals surface area (Å²) in [5, 5.41) is 6.07. The molecule has 0 bridgehead atoms. The second kappa shape index (κ2) is 10.4. The molecule has 1 fully saturated rings. The second-order valence-corrected chi connectivity index (χ2v) is 7.98. The molecule has 160 valence electrons. The Morgan fingerprint density at radius 1 is 1.10 bits per heavy atom. The average molecular weight is 427 g/mol. The minimum atomic E-state index is -0.271. The number of nitrogens with one attached hydrogen (secondary N) is 2. The minimum Gasteiger partial charge on any atom is -0.491 e. The number of carbonyl (C=O) groups excluding carboxylic acids is 1. The predicted octanol–water partition coefficient (Wildman–Crippen LogP) is 3.74. The maximum absolute atomic E-state index is 12.5. The van der Waals surface area contributed by atoms with Crippen LogP contribution in [-0.4, -0.2) is 54.7 Å². The lowest BCUT2D eigenvalue weighted by Gasteiger charge is -2.35. The summed E-state index contributed by atoms with van der Waals surface area (Å²) in [6.45, 7) is 11.5. The molecule has 1 aliphatic rings. The molecule has 1 amide bonds. The number of likely N-dealkylation sites (N-methyl/N-ethyl adjacent to an activating group) is 1. The SMILES string of the molecule is CCN1CCN(c2ccc(NC(=S)NC(=O)c3cccc(OC(C)C)c3)cc2)CC1. The molecular formula is C23H30N4O2S. The van der Waals surface area contributed by atoms with Gasteiger partial charge in [-0.2, -0.15) is 0 Å². The molecule has 1 saturated heterocycles. The van der Waals surface area contributed by atoms with E-state index in [0.717, 1.165) is 38.4 Å². The quantitative estimate of drug-likeness (QED) is 0.687. The third-order valence-corrected chi connectivity index (χ3v) is 5.21. The van der Waals surface area contributed by atoms with E-state index in [4.69, 9.17) is 17.0 Å². The van der Waals surface area contributed by atoms with E-state index in [1.165, 1.54) is 5.69 Å². The van der Waals surface area contributed by atoms with Crippen molar-refractivity contribution in [3.05, 3.63) is 54.1 Å². The number of carbonyl (C=O) groups is 1. The van der Waals surface area contributed by atoms with Crippen molar-refractivity contribution in [3.63, 3.8) is 0 Å². The van der Waals surface area contributed by atoms with Crippen LogP contribution < -0.4 is 20.3 Å². The molecule has 0 unspecified atom stereocenters. The monoisotopic (exact) mass is 426 g/mol. The molecule has 30 heavy (non-hydrogen) atoms. The number of rotatable bonds is 6. The van der Waals surface area contributed by atoms with Crippen LogP contribution in [0.2, 0.25) is 0 Å². The first kappa shape index (κ1) is 22.1. The predicted molar refractivity (Wildman–Crippen MR) is 127 cm³/mol. The first-order chi connectivity index (χ1) is 14.4. The number of benzene rings is 2. The van der Waals surface area contributed by atoms with Crippen molar-refractivity contribution in [1.82, 2.24) is 10.2 Å². The fraction of sp³-hybridized carbons (Fsp3) is 0.391. The Morgan fingerprint density at radius 2 is 1.80 bits per heavy atom. The van der Waals surface area contributed by atoms with Gasteiger partial charge in [-0.05, 0) is 75.1 Å². The summed E-state index contributed by atoms with van der Waals surface area (Å²) < 4.78 is 5.64. The third kappa shape index (κ3) is 6.18. The average Bonchev–Trinajstić information content (AvgIpc) is 2.74. The van der Waals surface area contributed by atoms with E-state index >= 15 is 0 Å². The number of nitrogens with zero attached hydrogens (tertiary/aromatic N) is 2. The van der Waals surface area contributed by atoms with Crippen LogP contribution in [0.5, 0.6) is 5.75 Å². The maximum Gasteiger partial charge on any atom is 0.257 e. The van der Waals surface area contributed by atoms with Gasteiger partial charge in [0.15, 0.2) is 5.11 Å². The highest BCUT2D eigenvalue weighted by Crippen LogP contribution is 2.20. The van der Waals surface area contributed by atoms with Gasteiger partial charge in [-0.3, -0.25) is 10.1 Å². The normalized spacial score (nSPS) is 14.5. The van der Waals surface area contributed by atoms with E-state index in [-0.39, 0.29) is 17.1 Å². The Bertz CT molecular complexity index is 862. The maximum atomic E-state index is 12.5. The Balaban J connectivity index is 1.53. The minimum absolute atomic E-state index is 0.0459. The van der Waals surface area contributed by atoms with Gasteiger partial charge in [0, 0.05) is 43.1 Å². The van der Waals surface area contributed by atoms with Crippen molar-refractivity contribution < 1.29 is 9.53 Å². The topological polar surface area (TPSA) is 56.8 Å². The van der Waals surface area contributed by atoms with E-state index in [1.807, 2.05) is 32.0 Å². The lowest BCUT2D eigenvalue weighted by Crippen LogP contribution is -2.46. The number of thiocarbonyl (C=S) groups is 1. The van der Waals surface area contributed by atoms with E-state index in [2.05, 4.69) is 39.5 Å². The van der Waals surface area contributed by atoms with Gasteiger partial charge in [-0.1, -0.05) is 13.0 Å². The molecule has 7 heteroatoms. The van der Waals surface area contributed by atoms with Gasteiger partial charge in [-0.15, -0.1) is 0 Å². The highest BCUT2D eigenvalue weighted by molar-refractivity contribution is 7.80. The largest absolute Gasteiger partial charge is 0.491 e. The Morgan fingerprint density at radius 3 is 2.43 bits per heavy atom. The van der Waals surface area contributed by atoms with Crippen LogP contribution in [0.15, 0.2) is 48.5 Å². The Hall–Kier alpha value is -2.64. The summed E-state index contributed by atoms with van der Waals surface area (Å²) in [5.41, 5.74) is 2.54. The lowest BCUT2D eigenvalue weighted by molar-refractivity contribution is 0.0977. The molecule has 0 aromatic heterocycles. The van der Waals surface area contributed by atoms with Gasteiger partial charge in [0.2, 0.25) is 0 Å². The molecule has 0 radical (unpaired) electrons. The zero-order valence-electron chi connectivity index (χ0n) is 17.9. The van der Waals surface area contributed by atoms with E-state index in [1.54, 1.807) is 18.2 Å². The Kier molecular flexibility index (Phi) is 7.65. The van der Waals surface area contributed by atoms with Crippen molar-refractivity contribution in [3.8, 4) is 5.75 Å². The number of piperazine rings is 1. The summed E-state index contributed by atoms with van der Waals surface area (Å²) >= 11 is 5.31. The van der Waals surface area contributed by atoms with Crippen molar-refractivity contribution in [2.45, 2.75) is 26.9 Å². The summed E-state index contributed by atoms with van der Waals surface area (Å²) in [7, 11) is 0. The molecule has 2 aromatic rings. The zero-order chi connectivity index (χ0) is 21.5. The van der Waals surface area contributed by atoms with Crippen molar-refractivity contribution in [2.75, 3.05) is 42.9 Å². The second-order valence-electron chi connectivity index (χ2n) is 7.57. The van der Waals surface area contributed by atoms with Crippen molar-refractivity contribution in [2.24, 2.45) is 0 Å². The number of ether oxygens (including phenoxy) is 1. The summed E-state index contributed by atoms with van der Waals surface area (Å²) in [5.74, 6) is 0.388. The molecule has 2 N–H and O–H groups in total. The molecule has 1 heterocycles. The van der Waals surface area contributed by atoms with E-state index < -0.39 is 0 Å². The van der Waals surface area contributed by atoms with Crippen LogP contribution in [-0.2, 0) is 0 Å². The zero-order valence-corrected chi connectivity index (χ0v) is 18.7. The van der Waals surface area contributed by atoms with Gasteiger partial charge in [-0.25, -0.2) is 0 Å². The number of amides is 1. The molecule has 2 aromatic carbocycles. The summed E-state index contributed by atoms with van der Waals surface area (Å²) in [6, 6.07) is 15.2. The molecule has 0 aliphatic carbocycles. The van der Waals surface area contributed by atoms with Crippen LogP contribution in [0, 0.1) is 0 Å². The van der Waals surface area contributed by atoms with Crippen LogP contribution >= 0.6 is 12.2 Å². The van der Waals surface area contributed by atoms with Gasteiger partial charge >= 0.3 is 0 Å². The lowest BCUT2D eigenvalue weighted by atomic mass is 10.2. The highest BCUT2D eigenvalue weighted by atomic mass is 32.1. The highest BCUT2D eigenvalue weighted by Gasteiger charge is 2.16. The first-order valence-electron chi connectivity index (χ1n) is 10.4. The standard InChI is InChI=1S/C23H30N4O2S/c1-4-26-12-14-27(15-13-26)20-10-8-19(9-11-20)24-23(30)25-22(28)18-6-5-7-21(16-18)29-17(2)3/h5-11,16-17H,4,12-15H2,1-3H3,(H2,24,25,28,30). The van der Waals surface area contributed by atoms with E-state index in [0.29, 0.717) is 11.3 Å². The van der Waals surface area contributed by atoms with Crippen molar-refractivity contribution >= 4 is 34.6 Å².